The van der Waals surface area contributed by atoms with E-state index in [1.54, 1.807) is 0 Å². The van der Waals surface area contributed by atoms with Crippen molar-refractivity contribution in [3.05, 3.63) is 59.7 Å². The van der Waals surface area contributed by atoms with Crippen LogP contribution in [-0.4, -0.2) is 36.1 Å². The minimum absolute atomic E-state index is 0.0345. The number of nitrogens with one attached hydrogen (secondary N) is 1. The van der Waals surface area contributed by atoms with Gasteiger partial charge in [0.25, 0.3) is 0 Å². The van der Waals surface area contributed by atoms with Gasteiger partial charge in [-0.05, 0) is 62.8 Å². The zero-order chi connectivity index (χ0) is 24.0. The molecule has 6 nitrogen and oxygen atoms in total. The number of carbonyl (C=O) groups is 3. The number of fused-ring (bicyclic) bond motifs is 3. The largest absolute Gasteiger partial charge is 0.460 e. The Labute approximate surface area is 195 Å². The SMILES string of the molecule is CC(=O)C(CCCCC(=O)OC(C)(C)C)NC(=O)OCC1c2ccccc2-c2ccccc21. The molecule has 0 bridgehead atoms. The third kappa shape index (κ3) is 6.67. The van der Waals surface area contributed by atoms with Gasteiger partial charge in [0, 0.05) is 12.3 Å². The van der Waals surface area contributed by atoms with Crippen LogP contribution in [0, 0.1) is 0 Å². The summed E-state index contributed by atoms with van der Waals surface area (Å²) in [5, 5.41) is 2.69. The number of Topliss-reactive ketones (excluding diaryl/α,β-unsaturated/α-hetero) is 1. The third-order valence-electron chi connectivity index (χ3n) is 5.67. The fourth-order valence-electron chi connectivity index (χ4n) is 4.17. The Morgan fingerprint density at radius 2 is 1.52 bits per heavy atom. The topological polar surface area (TPSA) is 81.7 Å². The average Bonchev–Trinajstić information content (AvgIpc) is 3.07. The quantitative estimate of drug-likeness (QED) is 0.409. The van der Waals surface area contributed by atoms with E-state index in [1.165, 1.54) is 6.92 Å². The average molecular weight is 452 g/mol. The molecule has 0 saturated carbocycles. The molecule has 6 heteroatoms. The molecule has 0 heterocycles. The fourth-order valence-corrected chi connectivity index (χ4v) is 4.17. The fraction of sp³-hybridized carbons (Fsp3) is 0.444. The lowest BCUT2D eigenvalue weighted by atomic mass is 9.98. The number of rotatable bonds is 9. The zero-order valence-electron chi connectivity index (χ0n) is 19.9. The minimum atomic E-state index is -0.640. The van der Waals surface area contributed by atoms with E-state index < -0.39 is 17.7 Å². The molecule has 0 radical (unpaired) electrons. The number of alkyl carbamates (subject to hydrolysis) is 1. The molecule has 2 aromatic rings. The van der Waals surface area contributed by atoms with Crippen LogP contribution in [-0.2, 0) is 19.1 Å². The summed E-state index contributed by atoms with van der Waals surface area (Å²) in [4.78, 5) is 36.3. The van der Waals surface area contributed by atoms with Crippen molar-refractivity contribution in [1.82, 2.24) is 5.32 Å². The number of amides is 1. The molecule has 0 aromatic heterocycles. The van der Waals surface area contributed by atoms with Crippen molar-refractivity contribution in [3.63, 3.8) is 0 Å². The second-order valence-electron chi connectivity index (χ2n) is 9.47. The van der Waals surface area contributed by atoms with Crippen LogP contribution in [0.1, 0.15) is 70.4 Å². The van der Waals surface area contributed by atoms with Crippen molar-refractivity contribution in [3.8, 4) is 11.1 Å². The van der Waals surface area contributed by atoms with Crippen LogP contribution in [0.5, 0.6) is 0 Å². The van der Waals surface area contributed by atoms with Gasteiger partial charge in [0.2, 0.25) is 0 Å². The first-order valence-corrected chi connectivity index (χ1v) is 11.5. The van der Waals surface area contributed by atoms with Gasteiger partial charge in [-0.2, -0.15) is 0 Å². The molecule has 176 valence electrons. The molecule has 1 aliphatic carbocycles. The van der Waals surface area contributed by atoms with E-state index in [9.17, 15) is 14.4 Å². The first kappa shape index (κ1) is 24.5. The molecule has 1 unspecified atom stereocenters. The Balaban J connectivity index is 1.50. The highest BCUT2D eigenvalue weighted by Gasteiger charge is 2.29. The van der Waals surface area contributed by atoms with Crippen LogP contribution >= 0.6 is 0 Å². The molecule has 33 heavy (non-hydrogen) atoms. The maximum Gasteiger partial charge on any atom is 0.407 e. The van der Waals surface area contributed by atoms with Crippen molar-refractivity contribution in [2.45, 2.75) is 70.9 Å². The summed E-state index contributed by atoms with van der Waals surface area (Å²) < 4.78 is 10.8. The van der Waals surface area contributed by atoms with Gasteiger partial charge < -0.3 is 14.8 Å². The van der Waals surface area contributed by atoms with Crippen LogP contribution in [0.2, 0.25) is 0 Å². The van der Waals surface area contributed by atoms with Gasteiger partial charge in [-0.3, -0.25) is 9.59 Å². The second-order valence-corrected chi connectivity index (χ2v) is 9.47. The van der Waals surface area contributed by atoms with Gasteiger partial charge in [-0.15, -0.1) is 0 Å². The first-order valence-electron chi connectivity index (χ1n) is 11.5. The number of benzene rings is 2. The molecule has 1 aliphatic rings. The highest BCUT2D eigenvalue weighted by atomic mass is 16.6. The van der Waals surface area contributed by atoms with Crippen LogP contribution in [0.3, 0.4) is 0 Å². The molecule has 2 aromatic carbocycles. The zero-order valence-corrected chi connectivity index (χ0v) is 19.9. The maximum absolute atomic E-state index is 12.5. The van der Waals surface area contributed by atoms with Crippen molar-refractivity contribution in [2.75, 3.05) is 6.61 Å². The summed E-state index contributed by atoms with van der Waals surface area (Å²) >= 11 is 0. The number of carbonyl (C=O) groups excluding carboxylic acids is 3. The molecule has 1 atom stereocenters. The second kappa shape index (κ2) is 10.6. The standard InChI is InChI=1S/C27H33NO5/c1-18(29)24(15-9-10-16-25(30)33-27(2,3)4)28-26(31)32-17-23-21-13-7-5-11-19(21)20-12-6-8-14-22(20)23/h5-8,11-14,23-24H,9-10,15-17H2,1-4H3,(H,28,31). The molecule has 0 fully saturated rings. The Bertz CT molecular complexity index is 962. The molecule has 0 saturated heterocycles. The molecule has 1 amide bonds. The molecule has 3 rings (SSSR count). The number of hydrogen-bond acceptors (Lipinski definition) is 5. The van der Waals surface area contributed by atoms with E-state index in [0.29, 0.717) is 19.3 Å². The number of ether oxygens (including phenoxy) is 2. The van der Waals surface area contributed by atoms with E-state index in [2.05, 4.69) is 29.6 Å². The smallest absolute Gasteiger partial charge is 0.407 e. The van der Waals surface area contributed by atoms with Crippen molar-refractivity contribution < 1.29 is 23.9 Å². The molecular formula is C27H33NO5. The lowest BCUT2D eigenvalue weighted by Crippen LogP contribution is -2.40. The van der Waals surface area contributed by atoms with Gasteiger partial charge >= 0.3 is 12.1 Å². The minimum Gasteiger partial charge on any atom is -0.460 e. The first-order chi connectivity index (χ1) is 15.7. The number of hydrogen-bond donors (Lipinski definition) is 1. The van der Waals surface area contributed by atoms with Crippen molar-refractivity contribution in [1.29, 1.82) is 0 Å². The Hall–Kier alpha value is -3.15. The number of esters is 1. The maximum atomic E-state index is 12.5. The van der Waals surface area contributed by atoms with E-state index in [1.807, 2.05) is 45.0 Å². The monoisotopic (exact) mass is 451 g/mol. The van der Waals surface area contributed by atoms with Crippen LogP contribution in [0.15, 0.2) is 48.5 Å². The lowest BCUT2D eigenvalue weighted by Gasteiger charge is -2.20. The van der Waals surface area contributed by atoms with E-state index in [4.69, 9.17) is 9.47 Å². The Morgan fingerprint density at radius 3 is 2.06 bits per heavy atom. The summed E-state index contributed by atoms with van der Waals surface area (Å²) in [6, 6.07) is 15.6. The van der Waals surface area contributed by atoms with Crippen molar-refractivity contribution >= 4 is 17.8 Å². The number of ketones is 1. The summed E-state index contributed by atoms with van der Waals surface area (Å²) in [7, 11) is 0. The molecule has 1 N–H and O–H groups in total. The lowest BCUT2D eigenvalue weighted by molar-refractivity contribution is -0.154. The molecule has 0 aliphatic heterocycles. The van der Waals surface area contributed by atoms with E-state index in [-0.39, 0.29) is 30.7 Å². The van der Waals surface area contributed by atoms with Crippen LogP contribution in [0.4, 0.5) is 4.79 Å². The van der Waals surface area contributed by atoms with Gasteiger partial charge in [0.05, 0.1) is 6.04 Å². The highest BCUT2D eigenvalue weighted by molar-refractivity contribution is 5.85. The predicted molar refractivity (Wildman–Crippen MR) is 127 cm³/mol. The summed E-state index contributed by atoms with van der Waals surface area (Å²) in [5.74, 6) is -0.431. The normalized spacial score (nSPS) is 13.6. The predicted octanol–water partition coefficient (Wildman–Crippen LogP) is 5.38. The summed E-state index contributed by atoms with van der Waals surface area (Å²) in [6.07, 6.45) is 1.33. The van der Waals surface area contributed by atoms with Crippen LogP contribution in [0.25, 0.3) is 11.1 Å². The number of unbranched alkanes of at least 4 members (excludes halogenated alkanes) is 1. The van der Waals surface area contributed by atoms with Crippen molar-refractivity contribution in [2.24, 2.45) is 0 Å². The van der Waals surface area contributed by atoms with Gasteiger partial charge in [-0.1, -0.05) is 55.0 Å². The Morgan fingerprint density at radius 1 is 0.939 bits per heavy atom. The van der Waals surface area contributed by atoms with Gasteiger partial charge in [0.1, 0.15) is 12.2 Å². The Kier molecular flexibility index (Phi) is 7.90. The highest BCUT2D eigenvalue weighted by Crippen LogP contribution is 2.44. The third-order valence-corrected chi connectivity index (χ3v) is 5.67. The van der Waals surface area contributed by atoms with Gasteiger partial charge in [-0.25, -0.2) is 4.79 Å². The summed E-state index contributed by atoms with van der Waals surface area (Å²) in [5.41, 5.74) is 4.08. The molecule has 0 spiro atoms. The van der Waals surface area contributed by atoms with Crippen LogP contribution < -0.4 is 5.32 Å². The van der Waals surface area contributed by atoms with Gasteiger partial charge in [0.15, 0.2) is 5.78 Å². The van der Waals surface area contributed by atoms with E-state index in [0.717, 1.165) is 22.3 Å². The molecular weight excluding hydrogens is 418 g/mol. The summed E-state index contributed by atoms with van der Waals surface area (Å²) in [6.45, 7) is 7.13. The van der Waals surface area contributed by atoms with E-state index >= 15 is 0 Å².